The zero-order chi connectivity index (χ0) is 11.0. The first-order valence-corrected chi connectivity index (χ1v) is 5.29. The second kappa shape index (κ2) is 6.60. The second-order valence-corrected chi connectivity index (χ2v) is 4.15. The fraction of sp³-hybridized carbons (Fsp3) is 0.727. The molecule has 0 rings (SSSR count). The topological polar surface area (TPSA) is 29.1 Å². The SMILES string of the molecule is C=CC(=O)N[N+](C)(C)CCCCCC. The highest BCUT2D eigenvalue weighted by molar-refractivity contribution is 5.85. The second-order valence-electron chi connectivity index (χ2n) is 4.15. The third-order valence-corrected chi connectivity index (χ3v) is 2.17. The van der Waals surface area contributed by atoms with Crippen molar-refractivity contribution in [1.29, 1.82) is 0 Å². The Morgan fingerprint density at radius 2 is 2.00 bits per heavy atom. The average molecular weight is 199 g/mol. The monoisotopic (exact) mass is 199 g/mol. The summed E-state index contributed by atoms with van der Waals surface area (Å²) in [7, 11) is 3.99. The van der Waals surface area contributed by atoms with Crippen LogP contribution in [0.3, 0.4) is 0 Å². The summed E-state index contributed by atoms with van der Waals surface area (Å²) in [4.78, 5) is 11.1. The molecule has 3 heteroatoms. The molecule has 0 aliphatic heterocycles. The Morgan fingerprint density at radius 1 is 1.36 bits per heavy atom. The van der Waals surface area contributed by atoms with Gasteiger partial charge >= 0.3 is 0 Å². The van der Waals surface area contributed by atoms with Crippen LogP contribution in [-0.4, -0.2) is 31.1 Å². The maximum atomic E-state index is 11.1. The van der Waals surface area contributed by atoms with E-state index >= 15 is 0 Å². The van der Waals surface area contributed by atoms with Crippen molar-refractivity contribution in [2.75, 3.05) is 20.6 Å². The molecule has 0 spiro atoms. The Kier molecular flexibility index (Phi) is 6.21. The van der Waals surface area contributed by atoms with Crippen molar-refractivity contribution in [3.63, 3.8) is 0 Å². The average Bonchev–Trinajstić information content (AvgIpc) is 2.12. The first-order chi connectivity index (χ1) is 6.52. The van der Waals surface area contributed by atoms with Gasteiger partial charge in [-0.15, -0.1) is 0 Å². The van der Waals surface area contributed by atoms with Gasteiger partial charge in [0.1, 0.15) is 6.54 Å². The molecule has 0 unspecified atom stereocenters. The molecule has 0 aliphatic carbocycles. The van der Waals surface area contributed by atoms with E-state index in [2.05, 4.69) is 18.9 Å². The lowest BCUT2D eigenvalue weighted by molar-refractivity contribution is -0.925. The molecule has 0 saturated heterocycles. The van der Waals surface area contributed by atoms with Gasteiger partial charge in [0.05, 0.1) is 14.1 Å². The van der Waals surface area contributed by atoms with E-state index in [0.717, 1.165) is 13.0 Å². The molecule has 1 amide bonds. The van der Waals surface area contributed by atoms with Crippen molar-refractivity contribution < 1.29 is 9.39 Å². The van der Waals surface area contributed by atoms with E-state index in [9.17, 15) is 4.79 Å². The minimum atomic E-state index is -0.106. The Labute approximate surface area is 87.4 Å². The first kappa shape index (κ1) is 13.2. The van der Waals surface area contributed by atoms with Gasteiger partial charge in [0.15, 0.2) is 0 Å². The van der Waals surface area contributed by atoms with Crippen LogP contribution in [0.2, 0.25) is 0 Å². The zero-order valence-corrected chi connectivity index (χ0v) is 9.68. The summed E-state index contributed by atoms with van der Waals surface area (Å²) in [5.41, 5.74) is 2.86. The number of carbonyl (C=O) groups excluding carboxylic acids is 1. The van der Waals surface area contributed by atoms with Crippen LogP contribution in [0.4, 0.5) is 0 Å². The number of rotatable bonds is 7. The predicted octanol–water partition coefficient (Wildman–Crippen LogP) is 1.86. The van der Waals surface area contributed by atoms with Gasteiger partial charge in [-0.3, -0.25) is 4.79 Å². The molecule has 0 saturated carbocycles. The Bertz CT molecular complexity index is 188. The summed E-state index contributed by atoms with van der Waals surface area (Å²) in [6.45, 7) is 6.60. The molecule has 0 atom stereocenters. The summed E-state index contributed by atoms with van der Waals surface area (Å²) in [6, 6.07) is 0. The fourth-order valence-electron chi connectivity index (χ4n) is 1.33. The standard InChI is InChI=1S/C11H22N2O/c1-5-7-8-9-10-13(3,4)12-11(14)6-2/h6H,2,5,7-10H2,1,3-4H3/p+1. The number of hydrogen-bond donors (Lipinski definition) is 1. The Morgan fingerprint density at radius 3 is 2.50 bits per heavy atom. The van der Waals surface area contributed by atoms with Crippen LogP contribution in [0.15, 0.2) is 12.7 Å². The zero-order valence-electron chi connectivity index (χ0n) is 9.68. The lowest BCUT2D eigenvalue weighted by Crippen LogP contribution is -2.54. The molecule has 0 aromatic carbocycles. The number of carbonyl (C=O) groups is 1. The molecule has 14 heavy (non-hydrogen) atoms. The summed E-state index contributed by atoms with van der Waals surface area (Å²) >= 11 is 0. The Hall–Kier alpha value is -0.830. The number of nitrogens with zero attached hydrogens (tertiary/aromatic N) is 1. The first-order valence-electron chi connectivity index (χ1n) is 5.29. The third-order valence-electron chi connectivity index (χ3n) is 2.17. The molecular weight excluding hydrogens is 176 g/mol. The largest absolute Gasteiger partial charge is 0.288 e. The lowest BCUT2D eigenvalue weighted by atomic mass is 10.2. The van der Waals surface area contributed by atoms with Gasteiger partial charge in [0.2, 0.25) is 0 Å². The van der Waals surface area contributed by atoms with Crippen molar-refractivity contribution in [2.45, 2.75) is 32.6 Å². The maximum Gasteiger partial charge on any atom is 0.288 e. The summed E-state index contributed by atoms with van der Waals surface area (Å²) < 4.78 is 0.536. The van der Waals surface area contributed by atoms with Crippen molar-refractivity contribution in [3.8, 4) is 0 Å². The molecular formula is C11H23N2O+. The van der Waals surface area contributed by atoms with Gasteiger partial charge < -0.3 is 0 Å². The van der Waals surface area contributed by atoms with Crippen LogP contribution in [0.25, 0.3) is 0 Å². The Balaban J connectivity index is 3.71. The van der Waals surface area contributed by atoms with Crippen LogP contribution < -0.4 is 5.43 Å². The third kappa shape index (κ3) is 6.66. The smallest absolute Gasteiger partial charge is 0.265 e. The predicted molar refractivity (Wildman–Crippen MR) is 59.5 cm³/mol. The van der Waals surface area contributed by atoms with Crippen LogP contribution in [-0.2, 0) is 4.79 Å². The van der Waals surface area contributed by atoms with Gasteiger partial charge in [-0.05, 0) is 12.8 Å². The van der Waals surface area contributed by atoms with Crippen molar-refractivity contribution >= 4 is 5.91 Å². The summed E-state index contributed by atoms with van der Waals surface area (Å²) in [5, 5.41) is 0. The fourth-order valence-corrected chi connectivity index (χ4v) is 1.33. The van der Waals surface area contributed by atoms with Crippen LogP contribution in [0.1, 0.15) is 32.6 Å². The van der Waals surface area contributed by atoms with Crippen molar-refractivity contribution in [2.24, 2.45) is 0 Å². The molecule has 0 heterocycles. The van der Waals surface area contributed by atoms with E-state index in [0.29, 0.717) is 4.59 Å². The van der Waals surface area contributed by atoms with Gasteiger partial charge in [0.25, 0.3) is 5.91 Å². The van der Waals surface area contributed by atoms with Crippen LogP contribution in [0.5, 0.6) is 0 Å². The molecule has 3 nitrogen and oxygen atoms in total. The maximum absolute atomic E-state index is 11.1. The van der Waals surface area contributed by atoms with Crippen LogP contribution in [0, 0.1) is 0 Å². The molecule has 0 aromatic rings. The molecule has 0 aromatic heterocycles. The highest BCUT2D eigenvalue weighted by Crippen LogP contribution is 2.02. The number of hydrogen-bond acceptors (Lipinski definition) is 1. The summed E-state index contributed by atoms with van der Waals surface area (Å²) in [6.07, 6.45) is 6.22. The van der Waals surface area contributed by atoms with Gasteiger partial charge in [-0.25, -0.2) is 4.59 Å². The lowest BCUT2D eigenvalue weighted by Gasteiger charge is -2.28. The molecule has 1 N–H and O–H groups in total. The number of amides is 1. The van der Waals surface area contributed by atoms with E-state index < -0.39 is 0 Å². The molecule has 0 fully saturated rings. The number of unbranched alkanes of at least 4 members (excludes halogenated alkanes) is 3. The van der Waals surface area contributed by atoms with E-state index in [1.165, 1.54) is 25.3 Å². The van der Waals surface area contributed by atoms with Crippen molar-refractivity contribution in [3.05, 3.63) is 12.7 Å². The number of nitrogens with one attached hydrogen (secondary N) is 1. The van der Waals surface area contributed by atoms with Gasteiger partial charge in [-0.2, -0.15) is 5.43 Å². The highest BCUT2D eigenvalue weighted by atomic mass is 16.2. The molecule has 0 aliphatic rings. The summed E-state index contributed by atoms with van der Waals surface area (Å²) in [5.74, 6) is -0.106. The minimum absolute atomic E-state index is 0.106. The van der Waals surface area contributed by atoms with Crippen LogP contribution >= 0.6 is 0 Å². The molecule has 0 bridgehead atoms. The quantitative estimate of drug-likeness (QED) is 0.288. The molecule has 82 valence electrons. The molecule has 0 radical (unpaired) electrons. The van der Waals surface area contributed by atoms with E-state index in [-0.39, 0.29) is 5.91 Å². The minimum Gasteiger partial charge on any atom is -0.265 e. The van der Waals surface area contributed by atoms with E-state index in [1.807, 2.05) is 14.1 Å². The number of quaternary nitrogens is 1. The normalized spacial score (nSPS) is 11.1. The van der Waals surface area contributed by atoms with Crippen molar-refractivity contribution in [1.82, 2.24) is 5.43 Å². The van der Waals surface area contributed by atoms with E-state index in [1.54, 1.807) is 0 Å². The van der Waals surface area contributed by atoms with Gasteiger partial charge in [0, 0.05) is 6.08 Å². The van der Waals surface area contributed by atoms with E-state index in [4.69, 9.17) is 0 Å². The highest BCUT2D eigenvalue weighted by Gasteiger charge is 2.16. The van der Waals surface area contributed by atoms with Gasteiger partial charge in [-0.1, -0.05) is 26.3 Å².